The SMILES string of the molecule is CC(=O)[C@@]12CN(Cc3ccc(C)o3)C[C@@H]1C[C@H]1[C@@H]3C[C@H](F)C4=CC(=O)C=C[C@]4(C)[C@@]3(F)[C@@H](O)C[C@@]12C.CC(=O)[C@@]12CNC[C@@H]1C[C@H]1[C@@H]3C[C@H](F)C4=CC(=O)C=C[C@]4(C)[C@@]3(F)[C@@H](O)C[C@@]12C.Cc1ccc(C=O)o1.Cl. The zero-order chi connectivity index (χ0) is 52.8. The maximum absolute atomic E-state index is 17.4. The molecule has 0 bridgehead atoms. The molecule has 2 aromatic rings. The molecule has 18 atom stereocenters. The number of hydrogen-bond acceptors (Lipinski definition) is 11. The molecular weight excluding hydrogens is 980 g/mol. The van der Waals surface area contributed by atoms with E-state index in [1.165, 1.54) is 36.5 Å². The molecule has 8 aliphatic carbocycles. The summed E-state index contributed by atoms with van der Waals surface area (Å²) in [4.78, 5) is 62.5. The average molecular weight is 1050 g/mol. The van der Waals surface area contributed by atoms with E-state index in [0.29, 0.717) is 57.6 Å². The van der Waals surface area contributed by atoms with E-state index in [-0.39, 0.29) is 96.0 Å². The molecule has 0 aromatic carbocycles. The van der Waals surface area contributed by atoms with Crippen molar-refractivity contribution in [2.75, 3.05) is 26.2 Å². The van der Waals surface area contributed by atoms with E-state index in [2.05, 4.69) is 10.2 Å². The number of Topliss-reactive ketones (excluding diaryl/α,β-unsaturated/α-hetero) is 2. The third-order valence-corrected chi connectivity index (χ3v) is 21.6. The van der Waals surface area contributed by atoms with Gasteiger partial charge in [-0.25, -0.2) is 17.6 Å². The van der Waals surface area contributed by atoms with E-state index in [9.17, 15) is 34.2 Å². The fourth-order valence-corrected chi connectivity index (χ4v) is 18.3. The van der Waals surface area contributed by atoms with Crippen LogP contribution in [-0.2, 0) is 25.7 Å². The zero-order valence-corrected chi connectivity index (χ0v) is 44.3. The van der Waals surface area contributed by atoms with Crippen molar-refractivity contribution >= 4 is 41.8 Å². The van der Waals surface area contributed by atoms with E-state index in [4.69, 9.17) is 8.83 Å². The Morgan fingerprint density at radius 3 is 1.66 bits per heavy atom. The third kappa shape index (κ3) is 7.12. The van der Waals surface area contributed by atoms with Crippen LogP contribution in [0.25, 0.3) is 0 Å². The Balaban J connectivity index is 0.000000159. The standard InChI is InChI=1S/C29H35F2NO4.C23H29F2NO3.C6H6O2.ClH/c1-16-5-6-20(36-16)14-32-13-18-9-21-22-11-24(30)23-10-19(34)7-8-26(23,3)29(22,31)25(35)12-27(21,4)28(18,15-32)17(2)33;1-12(27)22-11-26-10-13(22)6-15-16-8-18(24)17-7-14(28)4-5-20(17,2)23(16,25)19(29)9-21(15,22)3;1-5-2-3-6(4-7)8-5;/h5-8,10,18,21-22,24-25,35H,9,11-15H2,1-4H3;4-5,7,13,15-16,18-19,26,29H,6,8-11H2,1-3H3;2-4H,1H3;1H/t18-,21-,22-,24-,25-,26-,27-,28-,29-;13-,15-,16-,18-,19-,20-,21-,22-,23-;;/m00../s1. The topological polar surface area (TPSA) is 167 Å². The summed E-state index contributed by atoms with van der Waals surface area (Å²) in [6.07, 6.45) is 4.53. The average Bonchev–Trinajstić information content (AvgIpc) is 4.19. The first-order valence-electron chi connectivity index (χ1n) is 26.2. The van der Waals surface area contributed by atoms with Gasteiger partial charge in [-0.15, -0.1) is 12.4 Å². The predicted octanol–water partition coefficient (Wildman–Crippen LogP) is 9.06. The fourth-order valence-electron chi connectivity index (χ4n) is 18.3. The van der Waals surface area contributed by atoms with Crippen molar-refractivity contribution in [3.05, 3.63) is 94.9 Å². The Bertz CT molecular complexity index is 2790. The van der Waals surface area contributed by atoms with E-state index in [1.54, 1.807) is 46.8 Å². The predicted molar refractivity (Wildman–Crippen MR) is 269 cm³/mol. The Kier molecular flexibility index (Phi) is 13.4. The fraction of sp³-hybridized carbons (Fsp3) is 0.638. The summed E-state index contributed by atoms with van der Waals surface area (Å²) in [6.45, 7) is 17.2. The van der Waals surface area contributed by atoms with Gasteiger partial charge in [-0.3, -0.25) is 28.9 Å². The highest BCUT2D eigenvalue weighted by Crippen LogP contribution is 2.76. The van der Waals surface area contributed by atoms with Gasteiger partial charge in [0.25, 0.3) is 0 Å². The number of carbonyl (C=O) groups is 5. The highest BCUT2D eigenvalue weighted by molar-refractivity contribution is 6.02. The summed E-state index contributed by atoms with van der Waals surface area (Å²) in [5.41, 5.74) is -9.26. The van der Waals surface area contributed by atoms with Gasteiger partial charge in [0, 0.05) is 42.3 Å². The number of fused-ring (bicyclic) bond motifs is 14. The van der Waals surface area contributed by atoms with Gasteiger partial charge in [0.1, 0.15) is 41.2 Å². The normalized spacial score (nSPS) is 46.0. The van der Waals surface area contributed by atoms with Crippen LogP contribution in [0.4, 0.5) is 17.6 Å². The van der Waals surface area contributed by atoms with Crippen LogP contribution in [0.3, 0.4) is 0 Å². The molecule has 2 saturated heterocycles. The van der Waals surface area contributed by atoms with E-state index in [0.717, 1.165) is 17.3 Å². The third-order valence-electron chi connectivity index (χ3n) is 21.6. The first-order chi connectivity index (χ1) is 34.2. The highest BCUT2D eigenvalue weighted by Gasteiger charge is 2.79. The molecule has 0 unspecified atom stereocenters. The van der Waals surface area contributed by atoms with Crippen LogP contribution in [-0.4, -0.2) is 107 Å². The van der Waals surface area contributed by atoms with Crippen LogP contribution < -0.4 is 5.32 Å². The number of alkyl halides is 4. The van der Waals surface area contributed by atoms with Crippen molar-refractivity contribution in [1.82, 2.24) is 10.2 Å². The maximum Gasteiger partial charge on any atom is 0.185 e. The van der Waals surface area contributed by atoms with Crippen LogP contribution in [0.5, 0.6) is 0 Å². The van der Waals surface area contributed by atoms with Gasteiger partial charge in [-0.1, -0.05) is 26.0 Å². The lowest BCUT2D eigenvalue weighted by atomic mass is 9.43. The summed E-state index contributed by atoms with van der Waals surface area (Å²) in [5, 5.41) is 26.2. The van der Waals surface area contributed by atoms with Gasteiger partial charge >= 0.3 is 0 Å². The molecular formula is C58H71ClF4N2O9. The van der Waals surface area contributed by atoms with Crippen molar-refractivity contribution in [2.24, 2.45) is 68.0 Å². The number of nitrogens with one attached hydrogen (secondary N) is 1. The van der Waals surface area contributed by atoms with Crippen LogP contribution in [0.2, 0.25) is 0 Å². The number of aryl methyl sites for hydroxylation is 2. The molecule has 4 heterocycles. The number of aldehydes is 1. The van der Waals surface area contributed by atoms with Crippen molar-refractivity contribution in [2.45, 2.75) is 136 Å². The van der Waals surface area contributed by atoms with Crippen LogP contribution in [0, 0.1) is 81.8 Å². The van der Waals surface area contributed by atoms with E-state index >= 15 is 17.6 Å². The largest absolute Gasteiger partial charge is 0.465 e. The number of carbonyl (C=O) groups excluding carboxylic acids is 5. The maximum atomic E-state index is 17.4. The number of aliphatic hydroxyl groups is 2. The molecule has 11 nitrogen and oxygen atoms in total. The lowest BCUT2D eigenvalue weighted by Crippen LogP contribution is -2.69. The Morgan fingerprint density at radius 1 is 0.730 bits per heavy atom. The van der Waals surface area contributed by atoms with Crippen molar-refractivity contribution in [3.63, 3.8) is 0 Å². The van der Waals surface area contributed by atoms with Gasteiger partial charge in [0.2, 0.25) is 0 Å². The molecule has 12 rings (SSSR count). The van der Waals surface area contributed by atoms with Gasteiger partial charge in [0.05, 0.1) is 29.6 Å². The van der Waals surface area contributed by atoms with E-state index < -0.39 is 80.2 Å². The number of furan rings is 2. The summed E-state index contributed by atoms with van der Waals surface area (Å²) >= 11 is 0. The second kappa shape index (κ2) is 18.2. The molecule has 8 fully saturated rings. The molecule has 2 aliphatic heterocycles. The minimum atomic E-state index is -2.11. The molecule has 0 radical (unpaired) electrons. The molecule has 0 amide bonds. The van der Waals surface area contributed by atoms with Crippen molar-refractivity contribution < 1.29 is 60.6 Å². The Morgan fingerprint density at radius 2 is 1.22 bits per heavy atom. The summed E-state index contributed by atoms with van der Waals surface area (Å²) in [7, 11) is 0. The number of hydrogen-bond donors (Lipinski definition) is 3. The van der Waals surface area contributed by atoms with Crippen LogP contribution in [0.15, 0.2) is 80.7 Å². The number of rotatable bonds is 5. The van der Waals surface area contributed by atoms with Crippen LogP contribution in [0.1, 0.15) is 108 Å². The second-order valence-electron chi connectivity index (χ2n) is 24.5. The Hall–Kier alpha value is -4.28. The monoisotopic (exact) mass is 1050 g/mol. The molecule has 0 spiro atoms. The number of ketones is 4. The molecule has 3 N–H and O–H groups in total. The quantitative estimate of drug-likeness (QED) is 0.193. The molecule has 402 valence electrons. The number of likely N-dealkylation sites (tertiary alicyclic amines) is 1. The van der Waals surface area contributed by atoms with Crippen molar-refractivity contribution in [3.8, 4) is 0 Å². The Labute approximate surface area is 436 Å². The molecule has 6 saturated carbocycles. The number of nitrogens with zero attached hydrogens (tertiary/aromatic N) is 1. The first-order valence-corrected chi connectivity index (χ1v) is 26.2. The second-order valence-corrected chi connectivity index (χ2v) is 24.5. The minimum absolute atomic E-state index is 0. The minimum Gasteiger partial charge on any atom is -0.465 e. The van der Waals surface area contributed by atoms with Gasteiger partial charge < -0.3 is 24.4 Å². The first kappa shape index (κ1) is 54.5. The molecule has 10 aliphatic rings. The van der Waals surface area contributed by atoms with Gasteiger partial charge in [-0.05, 0) is 181 Å². The van der Waals surface area contributed by atoms with Crippen LogP contribution >= 0.6 is 12.4 Å². The smallest absolute Gasteiger partial charge is 0.185 e. The van der Waals surface area contributed by atoms with Gasteiger partial charge in [-0.2, -0.15) is 0 Å². The lowest BCUT2D eigenvalue weighted by Gasteiger charge is -2.63. The van der Waals surface area contributed by atoms with E-state index in [1.807, 2.05) is 32.9 Å². The number of allylic oxidation sites excluding steroid dienone is 8. The number of aliphatic hydroxyl groups excluding tert-OH is 2. The molecule has 16 heteroatoms. The highest BCUT2D eigenvalue weighted by atomic mass is 35.5. The number of halogens is 5. The summed E-state index contributed by atoms with van der Waals surface area (Å²) in [5.74, 6) is 0.517. The zero-order valence-electron chi connectivity index (χ0n) is 43.5. The summed E-state index contributed by atoms with van der Waals surface area (Å²) in [6, 6.07) is 7.27. The molecule has 2 aromatic heterocycles. The summed E-state index contributed by atoms with van der Waals surface area (Å²) < 4.78 is 76.0. The van der Waals surface area contributed by atoms with Crippen molar-refractivity contribution in [1.29, 1.82) is 0 Å². The molecule has 74 heavy (non-hydrogen) atoms. The lowest BCUT2D eigenvalue weighted by molar-refractivity contribution is -0.211. The van der Waals surface area contributed by atoms with Gasteiger partial charge in [0.15, 0.2) is 35.0 Å².